The number of carbonyl (C=O) groups is 2. The van der Waals surface area contributed by atoms with Crippen molar-refractivity contribution in [3.8, 4) is 0 Å². The molecule has 3 rings (SSSR count). The summed E-state index contributed by atoms with van der Waals surface area (Å²) in [6.45, 7) is 0.205. The summed E-state index contributed by atoms with van der Waals surface area (Å²) in [5.41, 5.74) is 0.609. The molecule has 0 saturated heterocycles. The third-order valence-corrected chi connectivity index (χ3v) is 3.44. The van der Waals surface area contributed by atoms with Gasteiger partial charge in [-0.2, -0.15) is 0 Å². The van der Waals surface area contributed by atoms with Crippen molar-refractivity contribution in [2.24, 2.45) is 0 Å². The molecule has 0 atom stereocenters. The van der Waals surface area contributed by atoms with E-state index in [1.807, 2.05) is 0 Å². The number of carbonyl (C=O) groups excluding carboxylic acids is 1. The van der Waals surface area contributed by atoms with Crippen molar-refractivity contribution in [2.75, 3.05) is 6.54 Å². The predicted molar refractivity (Wildman–Crippen MR) is 80.2 cm³/mol. The summed E-state index contributed by atoms with van der Waals surface area (Å²) in [5.74, 6) is -1.58. The number of carboxylic acid groups (broad SMARTS) is 1. The molecule has 0 aliphatic rings. The number of benzene rings is 1. The van der Waals surface area contributed by atoms with Crippen molar-refractivity contribution >= 4 is 22.9 Å². The lowest BCUT2D eigenvalue weighted by atomic mass is 10.0. The Morgan fingerprint density at radius 1 is 1.29 bits per heavy atom. The van der Waals surface area contributed by atoms with Crippen LogP contribution >= 0.6 is 0 Å². The van der Waals surface area contributed by atoms with Gasteiger partial charge < -0.3 is 15.6 Å². The second kappa shape index (κ2) is 6.32. The monoisotopic (exact) mass is 328 g/mol. The highest BCUT2D eigenvalue weighted by Crippen LogP contribution is 2.19. The number of aromatic nitrogens is 3. The Balaban J connectivity index is 1.77. The predicted octanol–water partition coefficient (Wildman–Crippen LogP) is 0.527. The molecule has 0 bridgehead atoms. The number of aromatic carboxylic acids is 1. The first-order valence-corrected chi connectivity index (χ1v) is 7.02. The van der Waals surface area contributed by atoms with E-state index in [0.717, 1.165) is 0 Å². The number of fused-ring (bicyclic) bond motifs is 1. The highest BCUT2D eigenvalue weighted by Gasteiger charge is 2.23. The molecule has 1 aromatic carbocycles. The van der Waals surface area contributed by atoms with Crippen molar-refractivity contribution in [3.63, 3.8) is 0 Å². The lowest BCUT2D eigenvalue weighted by Gasteiger charge is -2.06. The molecule has 9 nitrogen and oxygen atoms in total. The molecular formula is C15H12N4O5. The second-order valence-corrected chi connectivity index (χ2v) is 4.92. The van der Waals surface area contributed by atoms with Gasteiger partial charge in [0.25, 0.3) is 11.4 Å². The highest BCUT2D eigenvalue weighted by atomic mass is 16.8. The maximum Gasteiger partial charge on any atom is 0.340 e. The van der Waals surface area contributed by atoms with E-state index in [4.69, 9.17) is 0 Å². The summed E-state index contributed by atoms with van der Waals surface area (Å²) in [4.78, 5) is 27.5. The molecule has 2 aromatic heterocycles. The Labute approximate surface area is 135 Å². The van der Waals surface area contributed by atoms with E-state index in [1.54, 1.807) is 18.2 Å². The van der Waals surface area contributed by atoms with E-state index >= 15 is 0 Å². The van der Waals surface area contributed by atoms with Crippen LogP contribution in [0.3, 0.4) is 0 Å². The van der Waals surface area contributed by atoms with E-state index < -0.39 is 5.97 Å². The fourth-order valence-electron chi connectivity index (χ4n) is 2.33. The second-order valence-electron chi connectivity index (χ2n) is 4.92. The van der Waals surface area contributed by atoms with Gasteiger partial charge in [-0.1, -0.05) is 12.1 Å². The van der Waals surface area contributed by atoms with Crippen LogP contribution in [0.2, 0.25) is 0 Å². The van der Waals surface area contributed by atoms with Crippen molar-refractivity contribution < 1.29 is 24.2 Å². The van der Waals surface area contributed by atoms with Crippen molar-refractivity contribution in [3.05, 3.63) is 58.6 Å². The molecule has 0 spiro atoms. The Kier molecular flexibility index (Phi) is 4.06. The molecule has 0 fully saturated rings. The van der Waals surface area contributed by atoms with E-state index in [2.05, 4.69) is 20.1 Å². The zero-order valence-electron chi connectivity index (χ0n) is 12.3. The largest absolute Gasteiger partial charge is 0.478 e. The quantitative estimate of drug-likeness (QED) is 0.653. The molecular weight excluding hydrogens is 316 g/mol. The molecule has 2 heterocycles. The first kappa shape index (κ1) is 15.4. The lowest BCUT2D eigenvalue weighted by molar-refractivity contribution is -0.782. The van der Waals surface area contributed by atoms with Crippen LogP contribution in [0.1, 0.15) is 26.4 Å². The van der Waals surface area contributed by atoms with Crippen molar-refractivity contribution in [1.29, 1.82) is 0 Å². The Morgan fingerprint density at radius 2 is 2.12 bits per heavy atom. The average Bonchev–Trinajstić information content (AvgIpc) is 2.96. The first-order valence-electron chi connectivity index (χ1n) is 7.02. The van der Waals surface area contributed by atoms with Gasteiger partial charge in [-0.25, -0.2) is 4.79 Å². The van der Waals surface area contributed by atoms with Gasteiger partial charge in [0, 0.05) is 17.9 Å². The smallest absolute Gasteiger partial charge is 0.340 e. The lowest BCUT2D eigenvalue weighted by Crippen LogP contribution is -2.27. The molecule has 0 unspecified atom stereocenters. The van der Waals surface area contributed by atoms with Crippen LogP contribution in [-0.4, -0.2) is 33.7 Å². The average molecular weight is 328 g/mol. The van der Waals surface area contributed by atoms with Crippen LogP contribution < -0.4 is 10.2 Å². The molecule has 24 heavy (non-hydrogen) atoms. The summed E-state index contributed by atoms with van der Waals surface area (Å²) in [6.07, 6.45) is 1.76. The number of pyridine rings is 1. The Hall–Kier alpha value is -3.49. The van der Waals surface area contributed by atoms with Gasteiger partial charge in [-0.3, -0.25) is 14.4 Å². The van der Waals surface area contributed by atoms with Gasteiger partial charge in [0.15, 0.2) is 0 Å². The number of nitrogens with one attached hydrogen (secondary N) is 1. The fourth-order valence-corrected chi connectivity index (χ4v) is 2.33. The minimum absolute atomic E-state index is 0.0222. The van der Waals surface area contributed by atoms with Gasteiger partial charge >= 0.3 is 5.97 Å². The third kappa shape index (κ3) is 2.86. The topological polar surface area (TPSA) is 132 Å². The number of hydrogen-bond donors (Lipinski definition) is 2. The van der Waals surface area contributed by atoms with Crippen LogP contribution in [0.25, 0.3) is 11.0 Å². The van der Waals surface area contributed by atoms with Gasteiger partial charge in [-0.05, 0) is 35.1 Å². The molecule has 0 radical (unpaired) electrons. The molecule has 122 valence electrons. The van der Waals surface area contributed by atoms with Gasteiger partial charge in [-0.15, -0.1) is 0 Å². The molecule has 9 heteroatoms. The standard InChI is InChI=1S/C15H12N4O5/c20-14(10-3-1-2-7-16-10)17-8-6-9-4-5-11-13(12(9)15(21)22)18-24-19(11)23/h1-5,7H,6,8H2,(H,17,20)(H,21,22). The summed E-state index contributed by atoms with van der Waals surface area (Å²) in [6, 6.07) is 7.91. The molecule has 0 aliphatic carbocycles. The van der Waals surface area contributed by atoms with Crippen LogP contribution in [-0.2, 0) is 6.42 Å². The third-order valence-electron chi connectivity index (χ3n) is 3.44. The summed E-state index contributed by atoms with van der Waals surface area (Å²) >= 11 is 0. The van der Waals surface area contributed by atoms with Gasteiger partial charge in [0.05, 0.1) is 0 Å². The van der Waals surface area contributed by atoms with Crippen LogP contribution in [0.15, 0.2) is 41.2 Å². The van der Waals surface area contributed by atoms with Crippen LogP contribution in [0.4, 0.5) is 0 Å². The number of amides is 1. The zero-order valence-corrected chi connectivity index (χ0v) is 12.3. The molecule has 3 aromatic rings. The minimum atomic E-state index is -1.22. The Morgan fingerprint density at radius 3 is 2.83 bits per heavy atom. The van der Waals surface area contributed by atoms with E-state index in [1.165, 1.54) is 18.3 Å². The number of hydrogen-bond acceptors (Lipinski definition) is 6. The Bertz CT molecular complexity index is 907. The maximum absolute atomic E-state index is 11.9. The normalized spacial score (nSPS) is 10.7. The van der Waals surface area contributed by atoms with Gasteiger partial charge in [0.1, 0.15) is 11.3 Å². The van der Waals surface area contributed by atoms with Crippen LogP contribution in [0.5, 0.6) is 0 Å². The van der Waals surface area contributed by atoms with Crippen LogP contribution in [0, 0.1) is 5.21 Å². The SMILES string of the molecule is O=C(NCCc1ccc2c(no[n+]2[O-])c1C(=O)O)c1ccccn1. The fraction of sp³-hybridized carbons (Fsp3) is 0.133. The van der Waals surface area contributed by atoms with Crippen molar-refractivity contribution in [2.45, 2.75) is 6.42 Å². The summed E-state index contributed by atoms with van der Waals surface area (Å²) in [5, 5.41) is 26.9. The molecule has 0 saturated carbocycles. The molecule has 0 aliphatic heterocycles. The minimum Gasteiger partial charge on any atom is -0.478 e. The first-order chi connectivity index (χ1) is 11.6. The van der Waals surface area contributed by atoms with E-state index in [9.17, 15) is 19.9 Å². The van der Waals surface area contributed by atoms with E-state index in [0.29, 0.717) is 5.56 Å². The highest BCUT2D eigenvalue weighted by molar-refractivity contribution is 6.01. The molecule has 2 N–H and O–H groups in total. The number of nitrogens with zero attached hydrogens (tertiary/aromatic N) is 3. The van der Waals surface area contributed by atoms with E-state index in [-0.39, 0.29) is 46.1 Å². The number of rotatable bonds is 5. The number of carboxylic acids is 1. The zero-order chi connectivity index (χ0) is 17.1. The van der Waals surface area contributed by atoms with Gasteiger partial charge in [0.2, 0.25) is 5.52 Å². The maximum atomic E-state index is 11.9. The van der Waals surface area contributed by atoms with Crippen molar-refractivity contribution in [1.82, 2.24) is 15.5 Å². The molecule has 1 amide bonds. The summed E-state index contributed by atoms with van der Waals surface area (Å²) in [7, 11) is 0. The summed E-state index contributed by atoms with van der Waals surface area (Å²) < 4.78 is 4.43.